The summed E-state index contributed by atoms with van der Waals surface area (Å²) in [6.45, 7) is 2.98. The van der Waals surface area contributed by atoms with Crippen LogP contribution in [0.25, 0.3) is 0 Å². The molecular weight excluding hydrogens is 393 g/mol. The number of hydrogen-bond acceptors (Lipinski definition) is 6. The Bertz CT molecular complexity index is 598. The summed E-state index contributed by atoms with van der Waals surface area (Å²) in [7, 11) is 3.30. The van der Waals surface area contributed by atoms with Gasteiger partial charge in [-0.2, -0.15) is 0 Å². The van der Waals surface area contributed by atoms with E-state index >= 15 is 0 Å². The predicted molar refractivity (Wildman–Crippen MR) is 110 cm³/mol. The molecule has 0 aliphatic carbocycles. The van der Waals surface area contributed by atoms with Crippen LogP contribution in [0.5, 0.6) is 11.5 Å². The van der Waals surface area contributed by atoms with Gasteiger partial charge in [-0.25, -0.2) is 0 Å². The molecule has 3 atom stereocenters. The first kappa shape index (κ1) is 23.6. The summed E-state index contributed by atoms with van der Waals surface area (Å²) in [6.07, 6.45) is 1.10. The number of aliphatic hydroxyl groups is 1. The van der Waals surface area contributed by atoms with E-state index in [4.69, 9.17) is 9.47 Å². The van der Waals surface area contributed by atoms with Gasteiger partial charge in [-0.15, -0.1) is 24.8 Å². The Labute approximate surface area is 172 Å². The van der Waals surface area contributed by atoms with E-state index in [9.17, 15) is 9.90 Å². The summed E-state index contributed by atoms with van der Waals surface area (Å²) >= 11 is 0. The molecule has 1 aromatic rings. The van der Waals surface area contributed by atoms with E-state index in [0.717, 1.165) is 36.7 Å². The van der Waals surface area contributed by atoms with E-state index in [2.05, 4.69) is 15.5 Å². The smallest absolute Gasteiger partial charge is 0.237 e. The average Bonchev–Trinajstić information content (AvgIpc) is 3.28. The lowest BCUT2D eigenvalue weighted by Gasteiger charge is -2.21. The number of anilines is 1. The molecule has 0 bridgehead atoms. The molecule has 1 aromatic carbocycles. The van der Waals surface area contributed by atoms with E-state index in [1.165, 1.54) is 0 Å². The highest BCUT2D eigenvalue weighted by Gasteiger charge is 2.29. The van der Waals surface area contributed by atoms with Crippen molar-refractivity contribution in [3.05, 3.63) is 18.2 Å². The summed E-state index contributed by atoms with van der Waals surface area (Å²) in [6, 6.07) is 5.61. The Balaban J connectivity index is 0.00000182. The monoisotopic (exact) mass is 421 g/mol. The number of β-amino-alcohol motifs (C(OH)–C–C–N with tert-alkyl or cyclic N) is 1. The van der Waals surface area contributed by atoms with Crippen LogP contribution in [0.15, 0.2) is 18.2 Å². The minimum absolute atomic E-state index is 0. The Kier molecular flexibility index (Phi) is 9.45. The molecule has 1 amide bonds. The minimum atomic E-state index is -0.416. The number of ether oxygens (including phenoxy) is 2. The molecule has 0 spiro atoms. The van der Waals surface area contributed by atoms with Crippen LogP contribution in [0.2, 0.25) is 0 Å². The van der Waals surface area contributed by atoms with Gasteiger partial charge in [0.25, 0.3) is 0 Å². The zero-order valence-corrected chi connectivity index (χ0v) is 17.3. The molecule has 2 aliphatic rings. The first-order valence-corrected chi connectivity index (χ1v) is 8.76. The summed E-state index contributed by atoms with van der Waals surface area (Å²) in [5.74, 6) is 1.94. The molecule has 2 aliphatic heterocycles. The number of carbonyl (C=O) groups excluding carboxylic acids is 1. The van der Waals surface area contributed by atoms with Crippen molar-refractivity contribution in [1.82, 2.24) is 10.6 Å². The van der Waals surface area contributed by atoms with Crippen molar-refractivity contribution in [3.8, 4) is 11.5 Å². The third kappa shape index (κ3) is 6.04. The normalized spacial score (nSPS) is 24.0. The maximum Gasteiger partial charge on any atom is 0.237 e. The number of benzene rings is 1. The van der Waals surface area contributed by atoms with Gasteiger partial charge in [-0.1, -0.05) is 0 Å². The number of carbonyl (C=O) groups is 1. The molecule has 9 heteroatoms. The average molecular weight is 422 g/mol. The van der Waals surface area contributed by atoms with Gasteiger partial charge in [-0.05, 0) is 18.8 Å². The number of hydrogen-bond donors (Lipinski definition) is 3. The molecule has 3 unspecified atom stereocenters. The molecular formula is C18H29Cl2N3O4. The van der Waals surface area contributed by atoms with Crippen molar-refractivity contribution in [1.29, 1.82) is 0 Å². The van der Waals surface area contributed by atoms with Crippen molar-refractivity contribution in [2.24, 2.45) is 5.92 Å². The van der Waals surface area contributed by atoms with Gasteiger partial charge in [-0.3, -0.25) is 4.79 Å². The van der Waals surface area contributed by atoms with Crippen LogP contribution in [0, 0.1) is 5.92 Å². The van der Waals surface area contributed by atoms with Gasteiger partial charge in [0, 0.05) is 50.1 Å². The zero-order chi connectivity index (χ0) is 17.8. The van der Waals surface area contributed by atoms with Crippen LogP contribution >= 0.6 is 24.8 Å². The number of aliphatic hydroxyl groups excluding tert-OH is 1. The Morgan fingerprint density at radius 1 is 1.26 bits per heavy atom. The molecule has 2 fully saturated rings. The molecule has 2 heterocycles. The summed E-state index contributed by atoms with van der Waals surface area (Å²) in [5, 5.41) is 15.6. The first-order chi connectivity index (χ1) is 12.1. The van der Waals surface area contributed by atoms with Crippen LogP contribution in [-0.4, -0.2) is 63.6 Å². The second-order valence-electron chi connectivity index (χ2n) is 6.77. The number of nitrogens with one attached hydrogen (secondary N) is 2. The minimum Gasteiger partial charge on any atom is -0.497 e. The van der Waals surface area contributed by atoms with Crippen LogP contribution in [0.3, 0.4) is 0 Å². The third-order valence-electron chi connectivity index (χ3n) is 4.98. The second-order valence-corrected chi connectivity index (χ2v) is 6.77. The van der Waals surface area contributed by atoms with E-state index in [1.807, 2.05) is 18.2 Å². The van der Waals surface area contributed by atoms with Crippen molar-refractivity contribution >= 4 is 36.4 Å². The molecule has 3 N–H and O–H groups in total. The third-order valence-corrected chi connectivity index (χ3v) is 4.98. The second kappa shape index (κ2) is 10.8. The van der Waals surface area contributed by atoms with Gasteiger partial charge in [0.2, 0.25) is 5.91 Å². The lowest BCUT2D eigenvalue weighted by molar-refractivity contribution is -0.123. The zero-order valence-electron chi connectivity index (χ0n) is 15.6. The molecule has 0 radical (unpaired) electrons. The lowest BCUT2D eigenvalue weighted by atomic mass is 10.1. The highest BCUT2D eigenvalue weighted by Crippen LogP contribution is 2.31. The highest BCUT2D eigenvalue weighted by atomic mass is 35.5. The molecule has 3 rings (SSSR count). The topological polar surface area (TPSA) is 83.1 Å². The number of nitrogens with zero attached hydrogens (tertiary/aromatic N) is 1. The summed E-state index contributed by atoms with van der Waals surface area (Å²) in [5.41, 5.74) is 1.07. The molecule has 0 saturated carbocycles. The summed E-state index contributed by atoms with van der Waals surface area (Å²) < 4.78 is 10.7. The number of methoxy groups -OCH3 is 2. The Hall–Kier alpha value is -1.41. The van der Waals surface area contributed by atoms with E-state index in [-0.39, 0.29) is 36.8 Å². The molecule has 7 nitrogen and oxygen atoms in total. The van der Waals surface area contributed by atoms with Gasteiger partial charge >= 0.3 is 0 Å². The quantitative estimate of drug-likeness (QED) is 0.640. The van der Waals surface area contributed by atoms with E-state index in [0.29, 0.717) is 25.4 Å². The van der Waals surface area contributed by atoms with E-state index < -0.39 is 6.10 Å². The van der Waals surface area contributed by atoms with Crippen LogP contribution < -0.4 is 25.0 Å². The maximum atomic E-state index is 12.1. The van der Waals surface area contributed by atoms with Crippen molar-refractivity contribution in [3.63, 3.8) is 0 Å². The summed E-state index contributed by atoms with van der Waals surface area (Å²) in [4.78, 5) is 14.4. The van der Waals surface area contributed by atoms with Crippen LogP contribution in [0.1, 0.15) is 12.8 Å². The van der Waals surface area contributed by atoms with Crippen molar-refractivity contribution < 1.29 is 19.4 Å². The van der Waals surface area contributed by atoms with Gasteiger partial charge in [0.15, 0.2) is 0 Å². The fraction of sp³-hybridized carbons (Fsp3) is 0.611. The van der Waals surface area contributed by atoms with E-state index in [1.54, 1.807) is 14.2 Å². The SMILES string of the molecule is COc1cc(OC)cc(N2CCC(CNC(=O)C3CC(O)CN3)C2)c1.Cl.Cl. The van der Waals surface area contributed by atoms with Crippen molar-refractivity contribution in [2.45, 2.75) is 25.0 Å². The fourth-order valence-corrected chi connectivity index (χ4v) is 3.49. The number of rotatable bonds is 6. The molecule has 154 valence electrons. The highest BCUT2D eigenvalue weighted by molar-refractivity contribution is 5.85. The Morgan fingerprint density at radius 3 is 2.48 bits per heavy atom. The standard InChI is InChI=1S/C18H27N3O4.2ClH/c1-24-15-5-13(6-16(8-15)25-2)21-4-3-12(11-21)9-20-18(23)17-7-14(22)10-19-17;;/h5-6,8,12,14,17,19,22H,3-4,7,9-11H2,1-2H3,(H,20,23);2*1H. The largest absolute Gasteiger partial charge is 0.497 e. The van der Waals surface area contributed by atoms with Crippen molar-refractivity contribution in [2.75, 3.05) is 45.3 Å². The van der Waals surface area contributed by atoms with Crippen LogP contribution in [-0.2, 0) is 4.79 Å². The molecule has 0 aromatic heterocycles. The fourth-order valence-electron chi connectivity index (χ4n) is 3.49. The van der Waals surface area contributed by atoms with Gasteiger partial charge in [0.1, 0.15) is 11.5 Å². The van der Waals surface area contributed by atoms with Gasteiger partial charge in [0.05, 0.1) is 26.4 Å². The number of halogens is 2. The predicted octanol–water partition coefficient (Wildman–Crippen LogP) is 1.21. The Morgan fingerprint density at radius 2 is 1.93 bits per heavy atom. The molecule has 27 heavy (non-hydrogen) atoms. The number of amides is 1. The lowest BCUT2D eigenvalue weighted by Crippen LogP contribution is -2.42. The first-order valence-electron chi connectivity index (χ1n) is 8.76. The maximum absolute atomic E-state index is 12.1. The molecule has 2 saturated heterocycles. The van der Waals surface area contributed by atoms with Crippen LogP contribution in [0.4, 0.5) is 5.69 Å². The van der Waals surface area contributed by atoms with Gasteiger partial charge < -0.3 is 30.1 Å².